The van der Waals surface area contributed by atoms with Crippen LogP contribution in [0.15, 0.2) is 12.7 Å². The molecule has 154 valence electrons. The zero-order valence-electron chi connectivity index (χ0n) is 15.8. The van der Waals surface area contributed by atoms with Crippen molar-refractivity contribution in [2.45, 2.75) is 12.8 Å². The molecule has 0 saturated carbocycles. The number of aliphatic hydroxyl groups is 2. The van der Waals surface area contributed by atoms with Crippen LogP contribution in [0.25, 0.3) is 0 Å². The van der Waals surface area contributed by atoms with Gasteiger partial charge in [0.1, 0.15) is 0 Å². The van der Waals surface area contributed by atoms with Crippen LogP contribution in [0.3, 0.4) is 0 Å². The average molecular weight is 380 g/mol. The average Bonchev–Trinajstić information content (AvgIpc) is 2.69. The highest BCUT2D eigenvalue weighted by Gasteiger charge is 2.10. The lowest BCUT2D eigenvalue weighted by molar-refractivity contribution is -0.141. The van der Waals surface area contributed by atoms with Gasteiger partial charge >= 0.3 is 17.9 Å². The van der Waals surface area contributed by atoms with Crippen LogP contribution in [0.5, 0.6) is 0 Å². The van der Waals surface area contributed by atoms with E-state index in [0.29, 0.717) is 26.2 Å². The van der Waals surface area contributed by atoms with E-state index in [1.807, 2.05) is 4.90 Å². The summed E-state index contributed by atoms with van der Waals surface area (Å²) in [5.41, 5.74) is 4.78. The van der Waals surface area contributed by atoms with E-state index in [4.69, 9.17) is 15.9 Å². The van der Waals surface area contributed by atoms with E-state index >= 15 is 0 Å². The van der Waals surface area contributed by atoms with Crippen LogP contribution in [0.2, 0.25) is 0 Å². The summed E-state index contributed by atoms with van der Waals surface area (Å²) in [5.74, 6) is -1.00. The summed E-state index contributed by atoms with van der Waals surface area (Å²) in [6, 6.07) is 0. The molecule has 0 spiro atoms. The zero-order valence-corrected chi connectivity index (χ0v) is 15.8. The van der Waals surface area contributed by atoms with Crippen LogP contribution in [0, 0.1) is 0 Å². The Morgan fingerprint density at radius 3 is 1.54 bits per heavy atom. The van der Waals surface area contributed by atoms with Gasteiger partial charge in [-0.05, 0) is 0 Å². The fraction of sp³-hybridized carbons (Fsp3) is 0.688. The van der Waals surface area contributed by atoms with Crippen LogP contribution >= 0.6 is 0 Å². The molecule has 0 aliphatic heterocycles. The predicted octanol–water partition coefficient (Wildman–Crippen LogP) is -1.31. The molecular weight excluding hydrogens is 348 g/mol. The molecule has 10 heteroatoms. The highest BCUT2D eigenvalue weighted by molar-refractivity contribution is 5.80. The maximum atomic E-state index is 10.9. The Kier molecular flexibility index (Phi) is 25.4. The minimum absolute atomic E-state index is 0.0116. The molecule has 0 radical (unpaired) electrons. The smallest absolute Gasteiger partial charge is 0.329 e. The Balaban J connectivity index is -0.000000434. The molecule has 0 unspecified atom stereocenters. The number of aliphatic hydroxyl groups excluding tert-OH is 2. The Labute approximate surface area is 154 Å². The maximum Gasteiger partial charge on any atom is 0.329 e. The summed E-state index contributed by atoms with van der Waals surface area (Å²) < 4.78 is 13.2. The molecule has 0 aromatic heterocycles. The molecule has 26 heavy (non-hydrogen) atoms. The summed E-state index contributed by atoms with van der Waals surface area (Å²) in [6.07, 6.45) is 1.61. The second kappa shape index (κ2) is 23.0. The van der Waals surface area contributed by atoms with Gasteiger partial charge in [-0.2, -0.15) is 0 Å². The molecule has 0 rings (SSSR count). The van der Waals surface area contributed by atoms with Crippen molar-refractivity contribution >= 4 is 17.9 Å². The molecule has 0 aliphatic carbocycles. The lowest BCUT2D eigenvalue weighted by Gasteiger charge is -2.19. The number of carbonyl (C=O) groups excluding carboxylic acids is 3. The predicted molar refractivity (Wildman–Crippen MR) is 95.1 cm³/mol. The SMILES string of the molecule is C=CC(=O)OC.COC(=O)CCN(CCO)CCC(=O)OC.NCCO. The van der Waals surface area contributed by atoms with Gasteiger partial charge in [0.25, 0.3) is 0 Å². The van der Waals surface area contributed by atoms with Crippen LogP contribution in [-0.4, -0.2) is 93.7 Å². The fourth-order valence-corrected chi connectivity index (χ4v) is 1.26. The van der Waals surface area contributed by atoms with Crippen LogP contribution in [-0.2, 0) is 28.6 Å². The first-order valence-corrected chi connectivity index (χ1v) is 7.84. The van der Waals surface area contributed by atoms with E-state index in [0.717, 1.165) is 6.08 Å². The zero-order chi connectivity index (χ0) is 20.8. The summed E-state index contributed by atoms with van der Waals surface area (Å²) in [7, 11) is 3.96. The number of nitrogens with zero attached hydrogens (tertiary/aromatic N) is 1. The molecular formula is C16H32N2O8. The first-order valence-electron chi connectivity index (χ1n) is 7.84. The number of ether oxygens (including phenoxy) is 3. The van der Waals surface area contributed by atoms with Crippen molar-refractivity contribution in [1.29, 1.82) is 0 Å². The quantitative estimate of drug-likeness (QED) is 0.237. The summed E-state index contributed by atoms with van der Waals surface area (Å²) in [5, 5.41) is 16.6. The first-order chi connectivity index (χ1) is 12.4. The molecule has 10 nitrogen and oxygen atoms in total. The van der Waals surface area contributed by atoms with Crippen molar-refractivity contribution in [3.63, 3.8) is 0 Å². The molecule has 0 amide bonds. The lowest BCUT2D eigenvalue weighted by Crippen LogP contribution is -2.31. The summed E-state index contributed by atoms with van der Waals surface area (Å²) in [6.45, 7) is 4.97. The van der Waals surface area contributed by atoms with Crippen molar-refractivity contribution in [2.75, 3.05) is 60.7 Å². The lowest BCUT2D eigenvalue weighted by atomic mass is 10.3. The van der Waals surface area contributed by atoms with Gasteiger partial charge in [0, 0.05) is 32.3 Å². The molecule has 0 saturated heterocycles. The van der Waals surface area contributed by atoms with Gasteiger partial charge in [-0.15, -0.1) is 0 Å². The minimum Gasteiger partial charge on any atom is -0.469 e. The normalized spacial score (nSPS) is 9.04. The topological polar surface area (TPSA) is 149 Å². The second-order valence-electron chi connectivity index (χ2n) is 4.46. The van der Waals surface area contributed by atoms with E-state index in [1.54, 1.807) is 0 Å². The molecule has 0 aromatic rings. The molecule has 0 atom stereocenters. The Bertz CT molecular complexity index is 355. The molecule has 0 fully saturated rings. The monoisotopic (exact) mass is 380 g/mol. The fourth-order valence-electron chi connectivity index (χ4n) is 1.26. The van der Waals surface area contributed by atoms with Crippen LogP contribution in [0.4, 0.5) is 0 Å². The number of rotatable bonds is 10. The standard InChI is InChI=1S/C10H19NO5.C4H6O2.C2H7NO/c1-15-9(13)3-5-11(7-8-12)6-4-10(14)16-2;1-3-4(5)6-2;3-1-2-4/h12H,3-8H2,1-2H3;3H,1H2,2H3;4H,1-3H2. The molecule has 4 N–H and O–H groups in total. The third-order valence-corrected chi connectivity index (χ3v) is 2.63. The number of hydrogen-bond acceptors (Lipinski definition) is 10. The summed E-state index contributed by atoms with van der Waals surface area (Å²) in [4.78, 5) is 33.5. The Hall–Kier alpha value is -2.01. The highest BCUT2D eigenvalue weighted by Crippen LogP contribution is 1.96. The van der Waals surface area contributed by atoms with E-state index in [-0.39, 0.29) is 38.0 Å². The van der Waals surface area contributed by atoms with E-state index in [9.17, 15) is 14.4 Å². The van der Waals surface area contributed by atoms with Crippen molar-refractivity contribution in [3.8, 4) is 0 Å². The van der Waals surface area contributed by atoms with Crippen molar-refractivity contribution in [1.82, 2.24) is 4.90 Å². The van der Waals surface area contributed by atoms with Gasteiger partial charge in [0.15, 0.2) is 0 Å². The second-order valence-corrected chi connectivity index (χ2v) is 4.46. The van der Waals surface area contributed by atoms with Gasteiger partial charge in [0.05, 0.1) is 47.4 Å². The number of carbonyl (C=O) groups is 3. The van der Waals surface area contributed by atoms with Gasteiger partial charge in [-0.25, -0.2) is 4.79 Å². The Morgan fingerprint density at radius 2 is 1.35 bits per heavy atom. The largest absolute Gasteiger partial charge is 0.469 e. The highest BCUT2D eigenvalue weighted by atomic mass is 16.5. The van der Waals surface area contributed by atoms with E-state index < -0.39 is 5.97 Å². The van der Waals surface area contributed by atoms with Crippen LogP contribution < -0.4 is 5.73 Å². The molecule has 0 bridgehead atoms. The molecule has 0 aliphatic rings. The van der Waals surface area contributed by atoms with E-state index in [1.165, 1.54) is 21.3 Å². The third kappa shape index (κ3) is 24.2. The van der Waals surface area contributed by atoms with E-state index in [2.05, 4.69) is 20.8 Å². The van der Waals surface area contributed by atoms with Gasteiger partial charge < -0.3 is 30.2 Å². The number of esters is 3. The van der Waals surface area contributed by atoms with Gasteiger partial charge in [-0.1, -0.05) is 6.58 Å². The summed E-state index contributed by atoms with van der Waals surface area (Å²) >= 11 is 0. The van der Waals surface area contributed by atoms with Crippen LogP contribution in [0.1, 0.15) is 12.8 Å². The Morgan fingerprint density at radius 1 is 0.923 bits per heavy atom. The third-order valence-electron chi connectivity index (χ3n) is 2.63. The van der Waals surface area contributed by atoms with Gasteiger partial charge in [-0.3, -0.25) is 14.5 Å². The number of nitrogens with two attached hydrogens (primary N) is 1. The van der Waals surface area contributed by atoms with Crippen molar-refractivity contribution < 1.29 is 38.8 Å². The minimum atomic E-state index is -0.394. The first kappa shape index (κ1) is 28.8. The number of hydrogen-bond donors (Lipinski definition) is 3. The molecule has 0 aromatic carbocycles. The number of methoxy groups -OCH3 is 3. The molecule has 0 heterocycles. The maximum absolute atomic E-state index is 10.9. The van der Waals surface area contributed by atoms with Gasteiger partial charge in [0.2, 0.25) is 0 Å². The van der Waals surface area contributed by atoms with Crippen molar-refractivity contribution in [3.05, 3.63) is 12.7 Å². The van der Waals surface area contributed by atoms with Crippen molar-refractivity contribution in [2.24, 2.45) is 5.73 Å².